The molecule has 1 atom stereocenters. The molecule has 1 aliphatic rings. The fourth-order valence-corrected chi connectivity index (χ4v) is 3.98. The molecule has 0 bridgehead atoms. The summed E-state index contributed by atoms with van der Waals surface area (Å²) in [5.74, 6) is -0.462. The predicted molar refractivity (Wildman–Crippen MR) is 114 cm³/mol. The smallest absolute Gasteiger partial charge is 0.406 e. The van der Waals surface area contributed by atoms with Gasteiger partial charge in [-0.1, -0.05) is 12.1 Å². The first-order valence-corrected chi connectivity index (χ1v) is 10.6. The standard InChI is InChI=1S/C23H24F3N5O2/c1-31-20-7-4-17(28-13-15-2-5-18(6-3-15)33-23(24,25)26)12-19(20)21(30-31)22(32)29-14-16-8-10-27-11-9-16/h2-3,5-6,8-11,17,28H,4,7,12-14H2,1H3,(H,29,32). The van der Waals surface area contributed by atoms with Crippen LogP contribution in [0.3, 0.4) is 0 Å². The van der Waals surface area contributed by atoms with Gasteiger partial charge in [-0.25, -0.2) is 0 Å². The van der Waals surface area contributed by atoms with Crippen molar-refractivity contribution in [2.24, 2.45) is 7.05 Å². The molecule has 0 fully saturated rings. The highest BCUT2D eigenvalue weighted by Crippen LogP contribution is 2.26. The molecule has 0 spiro atoms. The number of nitrogens with one attached hydrogen (secondary N) is 2. The molecule has 3 aromatic rings. The van der Waals surface area contributed by atoms with Crippen LogP contribution >= 0.6 is 0 Å². The second-order valence-corrected chi connectivity index (χ2v) is 7.95. The Bertz CT molecular complexity index is 1100. The minimum atomic E-state index is -4.70. The zero-order chi connectivity index (χ0) is 23.4. The van der Waals surface area contributed by atoms with Crippen molar-refractivity contribution in [3.05, 3.63) is 76.9 Å². The number of hydrogen-bond donors (Lipinski definition) is 2. The number of carbonyl (C=O) groups excluding carboxylic acids is 1. The van der Waals surface area contributed by atoms with E-state index < -0.39 is 6.36 Å². The lowest BCUT2D eigenvalue weighted by molar-refractivity contribution is -0.274. The topological polar surface area (TPSA) is 81.1 Å². The van der Waals surface area contributed by atoms with Gasteiger partial charge in [-0.2, -0.15) is 5.10 Å². The monoisotopic (exact) mass is 459 g/mol. The molecule has 33 heavy (non-hydrogen) atoms. The maximum atomic E-state index is 12.8. The molecule has 1 aromatic carbocycles. The Morgan fingerprint density at radius 1 is 1.12 bits per heavy atom. The Balaban J connectivity index is 1.36. The first kappa shape index (κ1) is 22.8. The number of aromatic nitrogens is 3. The molecule has 0 radical (unpaired) electrons. The van der Waals surface area contributed by atoms with Crippen LogP contribution in [0.5, 0.6) is 5.75 Å². The molecule has 0 aliphatic heterocycles. The van der Waals surface area contributed by atoms with E-state index in [-0.39, 0.29) is 17.7 Å². The largest absolute Gasteiger partial charge is 0.573 e. The summed E-state index contributed by atoms with van der Waals surface area (Å²) >= 11 is 0. The molecule has 1 amide bonds. The van der Waals surface area contributed by atoms with E-state index >= 15 is 0 Å². The number of alkyl halides is 3. The number of pyridine rings is 1. The lowest BCUT2D eigenvalue weighted by Crippen LogP contribution is -2.35. The number of aryl methyl sites for hydroxylation is 1. The number of halogens is 3. The average Bonchev–Trinajstić information content (AvgIpc) is 3.12. The van der Waals surface area contributed by atoms with Gasteiger partial charge in [-0.3, -0.25) is 14.5 Å². The molecule has 10 heteroatoms. The molecule has 174 valence electrons. The summed E-state index contributed by atoms with van der Waals surface area (Å²) in [6, 6.07) is 9.62. The van der Waals surface area contributed by atoms with Crippen molar-refractivity contribution in [3.63, 3.8) is 0 Å². The van der Waals surface area contributed by atoms with E-state index in [9.17, 15) is 18.0 Å². The predicted octanol–water partition coefficient (Wildman–Crippen LogP) is 3.29. The van der Waals surface area contributed by atoms with Crippen LogP contribution in [0.1, 0.15) is 39.3 Å². The van der Waals surface area contributed by atoms with Gasteiger partial charge in [-0.05, 0) is 54.7 Å². The summed E-state index contributed by atoms with van der Waals surface area (Å²) in [4.78, 5) is 16.8. The quantitative estimate of drug-likeness (QED) is 0.567. The van der Waals surface area contributed by atoms with Gasteiger partial charge in [-0.15, -0.1) is 13.2 Å². The zero-order valence-corrected chi connectivity index (χ0v) is 18.0. The van der Waals surface area contributed by atoms with Crippen LogP contribution in [0.4, 0.5) is 13.2 Å². The summed E-state index contributed by atoms with van der Waals surface area (Å²) in [5.41, 5.74) is 4.21. The first-order valence-electron chi connectivity index (χ1n) is 10.6. The maximum absolute atomic E-state index is 12.8. The fourth-order valence-electron chi connectivity index (χ4n) is 3.98. The Kier molecular flexibility index (Phi) is 6.64. The number of rotatable bonds is 7. The van der Waals surface area contributed by atoms with E-state index in [1.165, 1.54) is 12.1 Å². The number of amides is 1. The number of benzene rings is 1. The van der Waals surface area contributed by atoms with E-state index in [0.717, 1.165) is 35.2 Å². The number of carbonyl (C=O) groups is 1. The molecular formula is C23H24F3N5O2. The molecule has 1 unspecified atom stereocenters. The second kappa shape index (κ2) is 9.62. The summed E-state index contributed by atoms with van der Waals surface area (Å²) in [6.07, 6.45) is 0.961. The molecule has 2 heterocycles. The highest BCUT2D eigenvalue weighted by Gasteiger charge is 2.31. The third kappa shape index (κ3) is 5.89. The van der Waals surface area contributed by atoms with Crippen LogP contribution in [0.25, 0.3) is 0 Å². The van der Waals surface area contributed by atoms with Gasteiger partial charge in [0.1, 0.15) is 5.75 Å². The van der Waals surface area contributed by atoms with Crippen molar-refractivity contribution < 1.29 is 22.7 Å². The molecule has 2 N–H and O–H groups in total. The van der Waals surface area contributed by atoms with Crippen molar-refractivity contribution in [2.75, 3.05) is 0 Å². The summed E-state index contributed by atoms with van der Waals surface area (Å²) in [6.45, 7) is 0.887. The lowest BCUT2D eigenvalue weighted by atomic mass is 9.91. The van der Waals surface area contributed by atoms with Crippen LogP contribution in [-0.2, 0) is 33.0 Å². The van der Waals surface area contributed by atoms with Crippen molar-refractivity contribution in [1.29, 1.82) is 0 Å². The molecule has 2 aromatic heterocycles. The normalized spacial score (nSPS) is 15.7. The average molecular weight is 459 g/mol. The third-order valence-electron chi connectivity index (χ3n) is 5.62. The van der Waals surface area contributed by atoms with Crippen LogP contribution in [0.2, 0.25) is 0 Å². The molecule has 1 aliphatic carbocycles. The van der Waals surface area contributed by atoms with Crippen LogP contribution in [0.15, 0.2) is 48.8 Å². The lowest BCUT2D eigenvalue weighted by Gasteiger charge is -2.24. The van der Waals surface area contributed by atoms with Crippen LogP contribution in [0, 0.1) is 0 Å². The van der Waals surface area contributed by atoms with Crippen molar-refractivity contribution in [2.45, 2.75) is 44.8 Å². The number of ether oxygens (including phenoxy) is 1. The fraction of sp³-hybridized carbons (Fsp3) is 0.348. The molecule has 0 saturated heterocycles. The Labute approximate surface area is 189 Å². The minimum absolute atomic E-state index is 0.125. The van der Waals surface area contributed by atoms with E-state index in [2.05, 4.69) is 25.5 Å². The minimum Gasteiger partial charge on any atom is -0.406 e. The SMILES string of the molecule is Cn1nc(C(=O)NCc2ccncc2)c2c1CCC(NCc1ccc(OC(F)(F)F)cc1)C2. The van der Waals surface area contributed by atoms with Gasteiger partial charge in [0, 0.05) is 49.8 Å². The van der Waals surface area contributed by atoms with E-state index in [1.807, 2.05) is 19.2 Å². The van der Waals surface area contributed by atoms with Crippen LogP contribution < -0.4 is 15.4 Å². The Morgan fingerprint density at radius 2 is 1.82 bits per heavy atom. The van der Waals surface area contributed by atoms with Gasteiger partial charge in [0.15, 0.2) is 5.69 Å². The van der Waals surface area contributed by atoms with Gasteiger partial charge in [0.05, 0.1) is 0 Å². The highest BCUT2D eigenvalue weighted by atomic mass is 19.4. The van der Waals surface area contributed by atoms with Crippen molar-refractivity contribution >= 4 is 5.91 Å². The first-order chi connectivity index (χ1) is 15.8. The third-order valence-corrected chi connectivity index (χ3v) is 5.62. The number of nitrogens with zero attached hydrogens (tertiary/aromatic N) is 3. The molecule has 4 rings (SSSR count). The molecular weight excluding hydrogens is 435 g/mol. The highest BCUT2D eigenvalue weighted by molar-refractivity contribution is 5.94. The van der Waals surface area contributed by atoms with Crippen molar-refractivity contribution in [3.8, 4) is 5.75 Å². The van der Waals surface area contributed by atoms with E-state index in [1.54, 1.807) is 29.2 Å². The second-order valence-electron chi connectivity index (χ2n) is 7.95. The number of hydrogen-bond acceptors (Lipinski definition) is 5. The summed E-state index contributed by atoms with van der Waals surface area (Å²) in [7, 11) is 1.84. The summed E-state index contributed by atoms with van der Waals surface area (Å²) in [5, 5.41) is 10.8. The zero-order valence-electron chi connectivity index (χ0n) is 18.0. The Hall–Kier alpha value is -3.40. The number of fused-ring (bicyclic) bond motifs is 1. The maximum Gasteiger partial charge on any atom is 0.573 e. The van der Waals surface area contributed by atoms with Gasteiger partial charge in [0.2, 0.25) is 0 Å². The van der Waals surface area contributed by atoms with E-state index in [0.29, 0.717) is 25.2 Å². The van der Waals surface area contributed by atoms with Crippen molar-refractivity contribution in [1.82, 2.24) is 25.4 Å². The van der Waals surface area contributed by atoms with E-state index in [4.69, 9.17) is 0 Å². The Morgan fingerprint density at radius 3 is 2.52 bits per heavy atom. The van der Waals surface area contributed by atoms with Crippen LogP contribution in [-0.4, -0.2) is 33.1 Å². The molecule has 7 nitrogen and oxygen atoms in total. The van der Waals surface area contributed by atoms with Gasteiger partial charge in [0.25, 0.3) is 5.91 Å². The van der Waals surface area contributed by atoms with Gasteiger partial charge >= 0.3 is 6.36 Å². The molecule has 0 saturated carbocycles. The van der Waals surface area contributed by atoms with Gasteiger partial charge < -0.3 is 15.4 Å². The summed E-state index contributed by atoms with van der Waals surface area (Å²) < 4.78 is 42.6.